The number of aryl methyl sites for hydroxylation is 1. The van der Waals surface area contributed by atoms with Gasteiger partial charge in [0.05, 0.1) is 0 Å². The van der Waals surface area contributed by atoms with E-state index in [4.69, 9.17) is 11.6 Å². The molecule has 0 heterocycles. The molecule has 1 rings (SSSR count). The minimum absolute atomic E-state index is 0.356. The van der Waals surface area contributed by atoms with Crippen molar-refractivity contribution in [2.75, 3.05) is 5.33 Å². The van der Waals surface area contributed by atoms with Gasteiger partial charge in [-0.25, -0.2) is 0 Å². The summed E-state index contributed by atoms with van der Waals surface area (Å²) in [6, 6.07) is 6.43. The lowest BCUT2D eigenvalue weighted by atomic mass is 9.77. The SMILES string of the molecule is CCCCC(CC)(CBr)Cc1ccc(C)cc1Cl. The molecule has 0 saturated carbocycles. The van der Waals surface area contributed by atoms with E-state index in [1.165, 1.54) is 36.8 Å². The Hall–Kier alpha value is -0.0100. The number of halogens is 2. The lowest BCUT2D eigenvalue weighted by Crippen LogP contribution is -2.25. The third-order valence-corrected chi connectivity index (χ3v) is 5.41. The molecule has 0 radical (unpaired) electrons. The van der Waals surface area contributed by atoms with Gasteiger partial charge in [-0.3, -0.25) is 0 Å². The van der Waals surface area contributed by atoms with E-state index in [0.29, 0.717) is 5.41 Å². The monoisotopic (exact) mass is 330 g/mol. The molecule has 0 nitrogen and oxygen atoms in total. The van der Waals surface area contributed by atoms with E-state index in [9.17, 15) is 0 Å². The predicted octanol–water partition coefficient (Wildman–Crippen LogP) is 6.17. The Kier molecular flexibility index (Phi) is 6.73. The van der Waals surface area contributed by atoms with Crippen molar-refractivity contribution in [2.24, 2.45) is 5.41 Å². The van der Waals surface area contributed by atoms with Gasteiger partial charge in [-0.2, -0.15) is 0 Å². The molecule has 18 heavy (non-hydrogen) atoms. The van der Waals surface area contributed by atoms with Crippen LogP contribution >= 0.6 is 27.5 Å². The topological polar surface area (TPSA) is 0 Å². The van der Waals surface area contributed by atoms with Gasteiger partial charge in [0.2, 0.25) is 0 Å². The van der Waals surface area contributed by atoms with Gasteiger partial charge in [0.25, 0.3) is 0 Å². The number of alkyl halides is 1. The van der Waals surface area contributed by atoms with Gasteiger partial charge in [-0.05, 0) is 48.8 Å². The molecule has 0 aliphatic rings. The molecule has 0 amide bonds. The van der Waals surface area contributed by atoms with Gasteiger partial charge >= 0.3 is 0 Å². The van der Waals surface area contributed by atoms with Crippen molar-refractivity contribution in [1.29, 1.82) is 0 Å². The van der Waals surface area contributed by atoms with E-state index in [2.05, 4.69) is 54.9 Å². The zero-order valence-corrected chi connectivity index (χ0v) is 14.1. The first kappa shape index (κ1) is 16.0. The molecule has 0 aliphatic heterocycles. The molecule has 102 valence electrons. The molecule has 2 heteroatoms. The summed E-state index contributed by atoms with van der Waals surface area (Å²) in [5.74, 6) is 0. The van der Waals surface area contributed by atoms with Gasteiger partial charge < -0.3 is 0 Å². The predicted molar refractivity (Wildman–Crippen MR) is 85.9 cm³/mol. The summed E-state index contributed by atoms with van der Waals surface area (Å²) >= 11 is 10.1. The minimum Gasteiger partial charge on any atom is -0.0922 e. The highest BCUT2D eigenvalue weighted by Gasteiger charge is 2.27. The van der Waals surface area contributed by atoms with E-state index >= 15 is 0 Å². The first-order valence-corrected chi connectivity index (χ1v) is 8.38. The van der Waals surface area contributed by atoms with Crippen LogP contribution in [0.2, 0.25) is 5.02 Å². The normalized spacial score (nSPS) is 14.5. The van der Waals surface area contributed by atoms with E-state index in [1.807, 2.05) is 0 Å². The van der Waals surface area contributed by atoms with Crippen molar-refractivity contribution < 1.29 is 0 Å². The summed E-state index contributed by atoms with van der Waals surface area (Å²) < 4.78 is 0. The number of hydrogen-bond acceptors (Lipinski definition) is 0. The lowest BCUT2D eigenvalue weighted by molar-refractivity contribution is 0.284. The Balaban J connectivity index is 2.88. The average Bonchev–Trinajstić information content (AvgIpc) is 2.37. The first-order valence-electron chi connectivity index (χ1n) is 6.88. The van der Waals surface area contributed by atoms with Crippen molar-refractivity contribution in [2.45, 2.75) is 52.9 Å². The van der Waals surface area contributed by atoms with Crippen LogP contribution in [0.4, 0.5) is 0 Å². The lowest BCUT2D eigenvalue weighted by Gasteiger charge is -2.31. The van der Waals surface area contributed by atoms with Crippen LogP contribution in [0.25, 0.3) is 0 Å². The Labute approximate surface area is 125 Å². The van der Waals surface area contributed by atoms with Crippen LogP contribution in [0.1, 0.15) is 50.7 Å². The zero-order chi connectivity index (χ0) is 13.6. The van der Waals surface area contributed by atoms with Crippen molar-refractivity contribution in [3.63, 3.8) is 0 Å². The minimum atomic E-state index is 0.356. The van der Waals surface area contributed by atoms with Gasteiger partial charge in [0.15, 0.2) is 0 Å². The molecular formula is C16H24BrCl. The highest BCUT2D eigenvalue weighted by molar-refractivity contribution is 9.09. The fraction of sp³-hybridized carbons (Fsp3) is 0.625. The van der Waals surface area contributed by atoms with Gasteiger partial charge in [-0.1, -0.05) is 66.4 Å². The van der Waals surface area contributed by atoms with Crippen molar-refractivity contribution in [3.05, 3.63) is 34.3 Å². The number of benzene rings is 1. The number of hydrogen-bond donors (Lipinski definition) is 0. The summed E-state index contributed by atoms with van der Waals surface area (Å²) in [4.78, 5) is 0. The van der Waals surface area contributed by atoms with Gasteiger partial charge in [-0.15, -0.1) is 0 Å². The molecular weight excluding hydrogens is 308 g/mol. The maximum Gasteiger partial charge on any atom is 0.0440 e. The van der Waals surface area contributed by atoms with Crippen molar-refractivity contribution in [1.82, 2.24) is 0 Å². The van der Waals surface area contributed by atoms with Crippen LogP contribution in [-0.2, 0) is 6.42 Å². The Morgan fingerprint density at radius 1 is 1.28 bits per heavy atom. The van der Waals surface area contributed by atoms with Crippen LogP contribution in [-0.4, -0.2) is 5.33 Å². The molecule has 0 spiro atoms. The largest absolute Gasteiger partial charge is 0.0922 e. The van der Waals surface area contributed by atoms with E-state index in [-0.39, 0.29) is 0 Å². The van der Waals surface area contributed by atoms with Crippen molar-refractivity contribution >= 4 is 27.5 Å². The molecule has 1 unspecified atom stereocenters. The van der Waals surface area contributed by atoms with Crippen molar-refractivity contribution in [3.8, 4) is 0 Å². The van der Waals surface area contributed by atoms with E-state index in [0.717, 1.165) is 16.8 Å². The molecule has 0 bridgehead atoms. The summed E-state index contributed by atoms with van der Waals surface area (Å²) in [6.45, 7) is 6.64. The molecule has 0 saturated heterocycles. The van der Waals surface area contributed by atoms with Crippen LogP contribution in [0.5, 0.6) is 0 Å². The fourth-order valence-corrected chi connectivity index (χ4v) is 3.53. The molecule has 0 aromatic heterocycles. The van der Waals surface area contributed by atoms with Gasteiger partial charge in [0.1, 0.15) is 0 Å². The summed E-state index contributed by atoms with van der Waals surface area (Å²) in [5, 5.41) is 1.98. The van der Waals surface area contributed by atoms with Crippen LogP contribution < -0.4 is 0 Å². The van der Waals surface area contributed by atoms with E-state index < -0.39 is 0 Å². The van der Waals surface area contributed by atoms with Crippen LogP contribution in [0.3, 0.4) is 0 Å². The highest BCUT2D eigenvalue weighted by Crippen LogP contribution is 2.36. The second kappa shape index (κ2) is 7.55. The first-order chi connectivity index (χ1) is 8.56. The average molecular weight is 332 g/mol. The Bertz CT molecular complexity index is 369. The standard InChI is InChI=1S/C16H24BrCl/c1-4-6-9-16(5-2,12-17)11-14-8-7-13(3)10-15(14)18/h7-8,10H,4-6,9,11-12H2,1-3H3. The van der Waals surface area contributed by atoms with Crippen LogP contribution in [0, 0.1) is 12.3 Å². The third-order valence-electron chi connectivity index (χ3n) is 3.87. The second-order valence-corrected chi connectivity index (χ2v) is 6.33. The van der Waals surface area contributed by atoms with Crippen LogP contribution in [0.15, 0.2) is 18.2 Å². The smallest absolute Gasteiger partial charge is 0.0440 e. The van der Waals surface area contributed by atoms with E-state index in [1.54, 1.807) is 0 Å². The molecule has 1 atom stereocenters. The quantitative estimate of drug-likeness (QED) is 0.524. The number of unbranched alkanes of at least 4 members (excludes halogenated alkanes) is 1. The molecule has 1 aromatic carbocycles. The Morgan fingerprint density at radius 3 is 2.50 bits per heavy atom. The van der Waals surface area contributed by atoms with Gasteiger partial charge in [0, 0.05) is 10.4 Å². The fourth-order valence-electron chi connectivity index (χ4n) is 2.35. The Morgan fingerprint density at radius 2 is 2.00 bits per heavy atom. The zero-order valence-electron chi connectivity index (χ0n) is 11.7. The number of rotatable bonds is 7. The molecule has 1 aromatic rings. The highest BCUT2D eigenvalue weighted by atomic mass is 79.9. The molecule has 0 fully saturated rings. The summed E-state index contributed by atoms with van der Waals surface area (Å²) in [7, 11) is 0. The molecule has 0 aliphatic carbocycles. The summed E-state index contributed by atoms with van der Waals surface area (Å²) in [5.41, 5.74) is 2.88. The maximum atomic E-state index is 6.37. The second-order valence-electron chi connectivity index (χ2n) is 5.36. The molecule has 0 N–H and O–H groups in total. The summed E-state index contributed by atoms with van der Waals surface area (Å²) in [6.07, 6.45) is 6.10. The third kappa shape index (κ3) is 4.28. The maximum absolute atomic E-state index is 6.37.